The highest BCUT2D eigenvalue weighted by Crippen LogP contribution is 2.25. The van der Waals surface area contributed by atoms with Gasteiger partial charge in [-0.05, 0) is 19.3 Å². The van der Waals surface area contributed by atoms with Crippen LogP contribution in [0.15, 0.2) is 11.1 Å². The summed E-state index contributed by atoms with van der Waals surface area (Å²) in [5.74, 6) is 6.82. The van der Waals surface area contributed by atoms with Crippen LogP contribution in [0.25, 0.3) is 0 Å². The fourth-order valence-electron chi connectivity index (χ4n) is 1.55. The molecule has 0 saturated carbocycles. The van der Waals surface area contributed by atoms with Crippen molar-refractivity contribution >= 4 is 16.1 Å². The van der Waals surface area contributed by atoms with Gasteiger partial charge >= 0.3 is 0 Å². The van der Waals surface area contributed by atoms with Crippen LogP contribution in [0.4, 0.5) is 0 Å². The molecule has 0 nitrogen and oxygen atoms in total. The van der Waals surface area contributed by atoms with Gasteiger partial charge in [0.1, 0.15) is 16.1 Å². The Morgan fingerprint density at radius 3 is 1.35 bits per heavy atom. The van der Waals surface area contributed by atoms with Crippen molar-refractivity contribution in [2.24, 2.45) is 0 Å². The second-order valence-corrected chi connectivity index (χ2v) is 16.3. The van der Waals surface area contributed by atoms with Crippen molar-refractivity contribution in [1.82, 2.24) is 0 Å². The highest BCUT2D eigenvalue weighted by Gasteiger charge is 2.14. The fraction of sp³-hybridized carbons (Fsp3) is 0.600. The second kappa shape index (κ2) is 5.29. The number of hydrogen-bond donors (Lipinski definition) is 0. The molecule has 0 aromatic carbocycles. The summed E-state index contributed by atoms with van der Waals surface area (Å²) in [6.45, 7) is 13.8. The quantitative estimate of drug-likeness (QED) is 0.452. The zero-order valence-electron chi connectivity index (χ0n) is 12.1. The van der Waals surface area contributed by atoms with Crippen LogP contribution >= 0.6 is 0 Å². The van der Waals surface area contributed by atoms with Gasteiger partial charge < -0.3 is 0 Å². The standard InChI is InChI=1S/C15H24Si2/c1-16(2,3)12-10-14-8-7-9-15(14)11-13-17(4,5)6/h7-9H2,1-6H3. The lowest BCUT2D eigenvalue weighted by Crippen LogP contribution is -2.16. The summed E-state index contributed by atoms with van der Waals surface area (Å²) >= 11 is 0. The van der Waals surface area contributed by atoms with Crippen molar-refractivity contribution < 1.29 is 0 Å². The summed E-state index contributed by atoms with van der Waals surface area (Å²) in [5.41, 5.74) is 9.59. The van der Waals surface area contributed by atoms with E-state index in [0.717, 1.165) is 12.8 Å². The zero-order chi connectivity index (χ0) is 13.1. The van der Waals surface area contributed by atoms with E-state index in [9.17, 15) is 0 Å². The van der Waals surface area contributed by atoms with Crippen molar-refractivity contribution in [3.63, 3.8) is 0 Å². The normalized spacial score (nSPS) is 16.1. The molecule has 0 bridgehead atoms. The first-order valence-electron chi connectivity index (χ1n) is 6.46. The van der Waals surface area contributed by atoms with Crippen LogP contribution in [-0.4, -0.2) is 16.1 Å². The van der Waals surface area contributed by atoms with E-state index < -0.39 is 16.1 Å². The Hall–Kier alpha value is -0.706. The van der Waals surface area contributed by atoms with E-state index in [0.29, 0.717) is 0 Å². The molecule has 1 aliphatic carbocycles. The Morgan fingerprint density at radius 2 is 1.06 bits per heavy atom. The van der Waals surface area contributed by atoms with Crippen molar-refractivity contribution in [3.8, 4) is 22.9 Å². The van der Waals surface area contributed by atoms with Crippen LogP contribution < -0.4 is 0 Å². The molecular weight excluding hydrogens is 236 g/mol. The molecule has 0 radical (unpaired) electrons. The van der Waals surface area contributed by atoms with Gasteiger partial charge in [0.25, 0.3) is 0 Å². The lowest BCUT2D eigenvalue weighted by molar-refractivity contribution is 0.910. The first-order valence-corrected chi connectivity index (χ1v) is 13.5. The zero-order valence-corrected chi connectivity index (χ0v) is 14.1. The molecule has 1 rings (SSSR count). The molecule has 0 aromatic rings. The van der Waals surface area contributed by atoms with E-state index in [1.807, 2.05) is 0 Å². The van der Waals surface area contributed by atoms with Crippen LogP contribution in [0.3, 0.4) is 0 Å². The first-order chi connectivity index (χ1) is 7.67. The summed E-state index contributed by atoms with van der Waals surface area (Å²) < 4.78 is 0. The maximum Gasteiger partial charge on any atom is 0.129 e. The molecule has 0 aromatic heterocycles. The van der Waals surface area contributed by atoms with Gasteiger partial charge in [0.05, 0.1) is 0 Å². The van der Waals surface area contributed by atoms with Crippen molar-refractivity contribution in [1.29, 1.82) is 0 Å². The summed E-state index contributed by atoms with van der Waals surface area (Å²) in [6.07, 6.45) is 3.53. The monoisotopic (exact) mass is 260 g/mol. The molecule has 92 valence electrons. The predicted molar refractivity (Wildman–Crippen MR) is 83.1 cm³/mol. The summed E-state index contributed by atoms with van der Waals surface area (Å²) in [6, 6.07) is 0. The largest absolute Gasteiger partial charge is 0.129 e. The lowest BCUT2D eigenvalue weighted by atomic mass is 10.2. The second-order valence-electron chi connectivity index (χ2n) is 6.81. The molecule has 1 aliphatic rings. The molecule has 0 unspecified atom stereocenters. The molecule has 0 fully saturated rings. The van der Waals surface area contributed by atoms with Gasteiger partial charge in [-0.1, -0.05) is 51.1 Å². The van der Waals surface area contributed by atoms with Gasteiger partial charge in [-0.2, -0.15) is 0 Å². The van der Waals surface area contributed by atoms with Crippen LogP contribution in [0.2, 0.25) is 39.3 Å². The third kappa shape index (κ3) is 5.96. The highest BCUT2D eigenvalue weighted by atomic mass is 28.3. The number of allylic oxidation sites excluding steroid dienone is 2. The maximum absolute atomic E-state index is 3.47. The first kappa shape index (κ1) is 14.4. The van der Waals surface area contributed by atoms with E-state index in [1.165, 1.54) is 17.6 Å². The SMILES string of the molecule is C[Si](C)(C)C#CC1=C(C#C[Si](C)(C)C)CCC1. The summed E-state index contributed by atoms with van der Waals surface area (Å²) in [4.78, 5) is 0. The van der Waals surface area contributed by atoms with Gasteiger partial charge in [-0.3, -0.25) is 0 Å². The number of rotatable bonds is 0. The Labute approximate surface area is 109 Å². The van der Waals surface area contributed by atoms with E-state index in [1.54, 1.807) is 0 Å². The molecule has 2 heteroatoms. The summed E-state index contributed by atoms with van der Waals surface area (Å²) in [5, 5.41) is 0. The third-order valence-electron chi connectivity index (χ3n) is 2.39. The molecule has 0 atom stereocenters. The Balaban J connectivity index is 2.94. The lowest BCUT2D eigenvalue weighted by Gasteiger charge is -2.04. The van der Waals surface area contributed by atoms with Crippen molar-refractivity contribution in [2.45, 2.75) is 58.5 Å². The molecular formula is C15H24Si2. The Morgan fingerprint density at radius 1 is 0.706 bits per heavy atom. The molecule has 0 aliphatic heterocycles. The minimum Gasteiger partial charge on any atom is -0.127 e. The molecule has 17 heavy (non-hydrogen) atoms. The minimum absolute atomic E-state index is 1.15. The number of hydrogen-bond acceptors (Lipinski definition) is 0. The average Bonchev–Trinajstić information content (AvgIpc) is 2.56. The molecule has 0 amide bonds. The van der Waals surface area contributed by atoms with Gasteiger partial charge in [0.2, 0.25) is 0 Å². The predicted octanol–water partition coefficient (Wildman–Crippen LogP) is 4.23. The molecule has 0 saturated heterocycles. The Bertz CT molecular complexity index is 392. The molecule has 0 heterocycles. The van der Waals surface area contributed by atoms with Gasteiger partial charge in [0.15, 0.2) is 0 Å². The van der Waals surface area contributed by atoms with E-state index in [4.69, 9.17) is 0 Å². The van der Waals surface area contributed by atoms with E-state index in [2.05, 4.69) is 62.2 Å². The van der Waals surface area contributed by atoms with E-state index >= 15 is 0 Å². The van der Waals surface area contributed by atoms with Gasteiger partial charge in [-0.15, -0.1) is 11.1 Å². The highest BCUT2D eigenvalue weighted by molar-refractivity contribution is 6.84. The van der Waals surface area contributed by atoms with Crippen molar-refractivity contribution in [3.05, 3.63) is 11.1 Å². The average molecular weight is 261 g/mol. The maximum atomic E-state index is 3.47. The minimum atomic E-state index is -1.25. The topological polar surface area (TPSA) is 0 Å². The third-order valence-corrected chi connectivity index (χ3v) is 4.14. The van der Waals surface area contributed by atoms with Crippen LogP contribution in [-0.2, 0) is 0 Å². The Kier molecular flexibility index (Phi) is 4.47. The molecule has 0 N–H and O–H groups in total. The van der Waals surface area contributed by atoms with Crippen LogP contribution in [0.1, 0.15) is 19.3 Å². The van der Waals surface area contributed by atoms with Gasteiger partial charge in [-0.25, -0.2) is 0 Å². The molecule has 0 spiro atoms. The smallest absolute Gasteiger partial charge is 0.127 e. The summed E-state index contributed by atoms with van der Waals surface area (Å²) in [7, 11) is -2.50. The van der Waals surface area contributed by atoms with Gasteiger partial charge in [0, 0.05) is 11.1 Å². The van der Waals surface area contributed by atoms with Crippen LogP contribution in [0.5, 0.6) is 0 Å². The van der Waals surface area contributed by atoms with Crippen molar-refractivity contribution in [2.75, 3.05) is 0 Å². The van der Waals surface area contributed by atoms with Crippen LogP contribution in [0, 0.1) is 22.9 Å². The van der Waals surface area contributed by atoms with E-state index in [-0.39, 0.29) is 0 Å². The fourth-order valence-corrected chi connectivity index (χ4v) is 2.60.